The number of nitrogens with zero attached hydrogens (tertiary/aromatic N) is 1. The van der Waals surface area contributed by atoms with Crippen LogP contribution in [0, 0.1) is 0 Å². The molecule has 0 aromatic heterocycles. The number of hydrogen-bond donors (Lipinski definition) is 1. The molecule has 0 fully saturated rings. The number of carbonyl (C=O) groups is 4. The van der Waals surface area contributed by atoms with Gasteiger partial charge in [0.1, 0.15) is 40.4 Å². The number of thioether (sulfide) groups is 1. The van der Waals surface area contributed by atoms with Gasteiger partial charge in [0.15, 0.2) is 0 Å². The molecule has 0 heterocycles. The Balaban J connectivity index is 3.25. The third kappa shape index (κ3) is 16.2. The summed E-state index contributed by atoms with van der Waals surface area (Å²) in [5.41, 5.74) is -2.67. The normalized spacial score (nSPS) is 13.8. The highest BCUT2D eigenvalue weighted by Crippen LogP contribution is 2.31. The molecule has 1 aromatic carbocycles. The first-order chi connectivity index (χ1) is 19.9. The van der Waals surface area contributed by atoms with Crippen molar-refractivity contribution in [2.75, 3.05) is 18.1 Å². The van der Waals surface area contributed by atoms with Gasteiger partial charge in [-0.05, 0) is 120 Å². The maximum Gasteiger partial charge on any atom is 0.414 e. The van der Waals surface area contributed by atoms with Gasteiger partial charge in [0.25, 0.3) is 0 Å². The highest BCUT2D eigenvalue weighted by atomic mass is 32.2. The zero-order chi connectivity index (χ0) is 34.1. The van der Waals surface area contributed by atoms with Crippen molar-refractivity contribution in [3.05, 3.63) is 24.3 Å². The average molecular weight is 643 g/mol. The van der Waals surface area contributed by atoms with Gasteiger partial charge in [-0.3, -0.25) is 9.69 Å². The number of anilines is 1. The number of amides is 2. The van der Waals surface area contributed by atoms with Crippen molar-refractivity contribution in [2.45, 2.75) is 135 Å². The second-order valence-electron chi connectivity index (χ2n) is 14.3. The fourth-order valence-electron chi connectivity index (χ4n) is 3.58. The molecule has 12 heteroatoms. The van der Waals surface area contributed by atoms with Crippen molar-refractivity contribution < 1.29 is 42.5 Å². The quantitative estimate of drug-likeness (QED) is 0.152. The molecule has 0 spiro atoms. The van der Waals surface area contributed by atoms with Crippen LogP contribution in [0.5, 0.6) is 0 Å². The summed E-state index contributed by atoms with van der Waals surface area (Å²) in [7, 11) is 0. The van der Waals surface area contributed by atoms with Crippen LogP contribution in [0.1, 0.15) is 95.9 Å². The van der Waals surface area contributed by atoms with E-state index in [1.165, 1.54) is 16.7 Å². The molecule has 0 aliphatic rings. The summed E-state index contributed by atoms with van der Waals surface area (Å²) in [5, 5.41) is 1.82. The van der Waals surface area contributed by atoms with Gasteiger partial charge in [-0.15, -0.1) is 11.8 Å². The smallest absolute Gasteiger partial charge is 0.414 e. The summed E-state index contributed by atoms with van der Waals surface area (Å²) in [6.07, 6.45) is -1.25. The van der Waals surface area contributed by atoms with Crippen molar-refractivity contribution in [2.24, 2.45) is 0 Å². The van der Waals surface area contributed by atoms with Gasteiger partial charge < -0.3 is 24.3 Å². The number of alkyl halides is 1. The summed E-state index contributed by atoms with van der Waals surface area (Å²) >= 11 is 1.21. The molecule has 0 saturated heterocycles. The molecule has 0 aliphatic heterocycles. The molecule has 1 rings (SSSR count). The lowest BCUT2D eigenvalue weighted by Crippen LogP contribution is -2.46. The molecular weight excluding hydrogens is 591 g/mol. The van der Waals surface area contributed by atoms with Gasteiger partial charge >= 0.3 is 24.1 Å². The second kappa shape index (κ2) is 15.8. The van der Waals surface area contributed by atoms with Crippen molar-refractivity contribution in [1.29, 1.82) is 0 Å². The van der Waals surface area contributed by atoms with Crippen LogP contribution in [-0.4, -0.2) is 71.0 Å². The zero-order valence-electron chi connectivity index (χ0n) is 28.3. The van der Waals surface area contributed by atoms with Crippen molar-refractivity contribution in [3.8, 4) is 0 Å². The first kappa shape index (κ1) is 39.0. The largest absolute Gasteiger partial charge is 0.459 e. The van der Waals surface area contributed by atoms with E-state index >= 15 is 0 Å². The third-order valence-electron chi connectivity index (χ3n) is 5.12. The van der Waals surface area contributed by atoms with E-state index in [9.17, 15) is 23.6 Å². The Morgan fingerprint density at radius 2 is 1.20 bits per heavy atom. The number of rotatable bonds is 11. The SMILES string of the molecule is CC(C)(C)OC(=O)NC(CCC(Sc1ccc(N(CCF)C(=O)OC(C)(C)C)cc1)C(=O)OC(C)(C)C)C(=O)OC(C)(C)C. The molecule has 0 aliphatic carbocycles. The van der Waals surface area contributed by atoms with Crippen LogP contribution in [0.2, 0.25) is 0 Å². The number of esters is 2. The monoisotopic (exact) mass is 642 g/mol. The molecule has 2 amide bonds. The van der Waals surface area contributed by atoms with Crippen LogP contribution >= 0.6 is 11.8 Å². The van der Waals surface area contributed by atoms with Crippen LogP contribution in [0.3, 0.4) is 0 Å². The van der Waals surface area contributed by atoms with Gasteiger partial charge in [-0.1, -0.05) is 0 Å². The number of ether oxygens (including phenoxy) is 4. The molecule has 44 heavy (non-hydrogen) atoms. The second-order valence-corrected chi connectivity index (χ2v) is 15.5. The number of benzene rings is 1. The first-order valence-corrected chi connectivity index (χ1v) is 15.6. The van der Waals surface area contributed by atoms with Gasteiger partial charge in [0.2, 0.25) is 0 Å². The molecular formula is C32H51FN2O8S. The minimum absolute atomic E-state index is 0.0616. The topological polar surface area (TPSA) is 120 Å². The minimum Gasteiger partial charge on any atom is -0.459 e. The van der Waals surface area contributed by atoms with Crippen LogP contribution in [-0.2, 0) is 28.5 Å². The summed E-state index contributed by atoms with van der Waals surface area (Å²) in [6, 6.07) is 5.61. The molecule has 0 radical (unpaired) electrons. The molecule has 0 bridgehead atoms. The zero-order valence-corrected chi connectivity index (χ0v) is 29.1. The summed E-state index contributed by atoms with van der Waals surface area (Å²) in [4.78, 5) is 53.4. The average Bonchev–Trinajstić information content (AvgIpc) is 2.80. The highest BCUT2D eigenvalue weighted by Gasteiger charge is 2.33. The Morgan fingerprint density at radius 3 is 1.66 bits per heavy atom. The van der Waals surface area contributed by atoms with Gasteiger partial charge in [0, 0.05) is 10.6 Å². The van der Waals surface area contributed by atoms with E-state index in [0.29, 0.717) is 10.6 Å². The minimum atomic E-state index is -1.08. The number of hydrogen-bond acceptors (Lipinski definition) is 9. The van der Waals surface area contributed by atoms with Crippen molar-refractivity contribution in [3.63, 3.8) is 0 Å². The van der Waals surface area contributed by atoms with Gasteiger partial charge in [0.05, 0.1) is 6.54 Å². The molecule has 2 unspecified atom stereocenters. The molecule has 250 valence electrons. The Hall–Kier alpha value is -3.02. The molecule has 2 atom stereocenters. The predicted molar refractivity (Wildman–Crippen MR) is 170 cm³/mol. The van der Waals surface area contributed by atoms with Gasteiger partial charge in [-0.2, -0.15) is 0 Å². The summed E-state index contributed by atoms with van der Waals surface area (Å²) < 4.78 is 35.2. The van der Waals surface area contributed by atoms with E-state index in [4.69, 9.17) is 18.9 Å². The van der Waals surface area contributed by atoms with E-state index < -0.39 is 64.5 Å². The van der Waals surface area contributed by atoms with E-state index in [-0.39, 0.29) is 19.4 Å². The van der Waals surface area contributed by atoms with Crippen molar-refractivity contribution >= 4 is 41.6 Å². The molecule has 0 saturated carbocycles. The fourth-order valence-corrected chi connectivity index (χ4v) is 4.60. The molecule has 10 nitrogen and oxygen atoms in total. The van der Waals surface area contributed by atoms with Crippen LogP contribution in [0.4, 0.5) is 19.7 Å². The Labute approximate surface area is 266 Å². The van der Waals surface area contributed by atoms with E-state index in [0.717, 1.165) is 0 Å². The van der Waals surface area contributed by atoms with E-state index in [2.05, 4.69) is 5.32 Å². The third-order valence-corrected chi connectivity index (χ3v) is 6.38. The van der Waals surface area contributed by atoms with Gasteiger partial charge in [-0.25, -0.2) is 18.8 Å². The van der Waals surface area contributed by atoms with Crippen molar-refractivity contribution in [1.82, 2.24) is 5.32 Å². The maximum atomic E-state index is 13.3. The number of halogens is 1. The summed E-state index contributed by atoms with van der Waals surface area (Å²) in [6.45, 7) is 19.8. The predicted octanol–water partition coefficient (Wildman–Crippen LogP) is 7.22. The Morgan fingerprint density at radius 1 is 0.727 bits per heavy atom. The standard InChI is InChI=1S/C32H51FN2O8S/c1-29(2,3)40-25(36)23(34-27(38)42-31(7,8)9)17-18-24(26(37)41-30(4,5)6)44-22-15-13-21(14-16-22)35(20-19-33)28(39)43-32(10,11)12/h13-16,23-24H,17-20H2,1-12H3,(H,34,38). The lowest BCUT2D eigenvalue weighted by molar-refractivity contribution is -0.159. The number of nitrogens with one attached hydrogen (secondary N) is 1. The molecule has 1 aromatic rings. The Bertz CT molecular complexity index is 1120. The van der Waals surface area contributed by atoms with E-state index in [1.807, 2.05) is 0 Å². The lowest BCUT2D eigenvalue weighted by atomic mass is 10.1. The van der Waals surface area contributed by atoms with Crippen LogP contribution in [0.25, 0.3) is 0 Å². The van der Waals surface area contributed by atoms with E-state index in [1.54, 1.807) is 107 Å². The fraction of sp³-hybridized carbons (Fsp3) is 0.688. The summed E-state index contributed by atoms with van der Waals surface area (Å²) in [5.74, 6) is -1.16. The van der Waals surface area contributed by atoms with Crippen LogP contribution in [0.15, 0.2) is 29.2 Å². The number of alkyl carbamates (subject to hydrolysis) is 1. The first-order valence-electron chi connectivity index (χ1n) is 14.7. The Kier molecular flexibility index (Phi) is 14.0. The lowest BCUT2D eigenvalue weighted by Gasteiger charge is -2.28. The highest BCUT2D eigenvalue weighted by molar-refractivity contribution is 8.00. The molecule has 1 N–H and O–H groups in total. The van der Waals surface area contributed by atoms with Crippen LogP contribution < -0.4 is 10.2 Å². The number of carbonyl (C=O) groups excluding carboxylic acids is 4. The maximum absolute atomic E-state index is 13.3.